The lowest BCUT2D eigenvalue weighted by molar-refractivity contribution is -0.132. The number of carbonyl (C=O) groups is 3. The van der Waals surface area contributed by atoms with Gasteiger partial charge >= 0.3 is 0 Å². The number of nitrogens with one attached hydrogen (secondary N) is 1. The molecule has 2 heterocycles. The van der Waals surface area contributed by atoms with Crippen LogP contribution in [0.25, 0.3) is 0 Å². The number of hydrogen-bond donors (Lipinski definition) is 1. The average molecular weight is 401 g/mol. The van der Waals surface area contributed by atoms with E-state index in [1.54, 1.807) is 0 Å². The molecule has 0 aromatic heterocycles. The van der Waals surface area contributed by atoms with Gasteiger partial charge in [-0.3, -0.25) is 19.3 Å². The molecule has 1 N–H and O–H groups in total. The predicted octanol–water partition coefficient (Wildman–Crippen LogP) is 1.48. The lowest BCUT2D eigenvalue weighted by Gasteiger charge is -2.35. The lowest BCUT2D eigenvalue weighted by Crippen LogP contribution is -2.51. The van der Waals surface area contributed by atoms with Crippen LogP contribution in [0.2, 0.25) is 0 Å². The van der Waals surface area contributed by atoms with Gasteiger partial charge in [0.05, 0.1) is 6.54 Å². The van der Waals surface area contributed by atoms with E-state index in [-0.39, 0.29) is 17.7 Å². The number of carbonyl (C=O) groups excluding carboxylic acids is 3. The number of piperazine rings is 1. The van der Waals surface area contributed by atoms with Crippen molar-refractivity contribution in [1.29, 1.82) is 0 Å². The first-order valence-corrected chi connectivity index (χ1v) is 10.7. The van der Waals surface area contributed by atoms with Gasteiger partial charge in [0, 0.05) is 58.3 Å². The monoisotopic (exact) mass is 400 g/mol. The Bertz CT molecular complexity index is 703. The van der Waals surface area contributed by atoms with E-state index in [1.807, 2.05) is 34.1 Å². The summed E-state index contributed by atoms with van der Waals surface area (Å²) in [5.41, 5.74) is 1.62. The third kappa shape index (κ3) is 6.29. The van der Waals surface area contributed by atoms with E-state index in [9.17, 15) is 14.4 Å². The van der Waals surface area contributed by atoms with Crippen LogP contribution in [0.5, 0.6) is 0 Å². The minimum absolute atomic E-state index is 0.0228. The van der Waals surface area contributed by atoms with Gasteiger partial charge in [-0.25, -0.2) is 0 Å². The molecule has 0 radical (unpaired) electrons. The molecule has 0 saturated carbocycles. The Labute approximate surface area is 173 Å². The zero-order valence-corrected chi connectivity index (χ0v) is 17.4. The molecule has 158 valence electrons. The van der Waals surface area contributed by atoms with Gasteiger partial charge in [-0.2, -0.15) is 0 Å². The first-order chi connectivity index (χ1) is 14.0. The van der Waals surface area contributed by atoms with Gasteiger partial charge < -0.3 is 15.1 Å². The normalized spacial score (nSPS) is 18.2. The Morgan fingerprint density at radius 1 is 0.828 bits per heavy atom. The first kappa shape index (κ1) is 21.3. The third-order valence-corrected chi connectivity index (χ3v) is 5.72. The molecule has 3 rings (SSSR count). The highest BCUT2D eigenvalue weighted by atomic mass is 16.2. The van der Waals surface area contributed by atoms with Crippen molar-refractivity contribution in [1.82, 2.24) is 20.0 Å². The van der Waals surface area contributed by atoms with Crippen molar-refractivity contribution < 1.29 is 14.4 Å². The zero-order chi connectivity index (χ0) is 20.6. The molecule has 2 aliphatic heterocycles. The molecule has 0 atom stereocenters. The maximum Gasteiger partial charge on any atom is 0.253 e. The van der Waals surface area contributed by atoms with Crippen molar-refractivity contribution in [3.63, 3.8) is 0 Å². The summed E-state index contributed by atoms with van der Waals surface area (Å²) in [4.78, 5) is 42.3. The summed E-state index contributed by atoms with van der Waals surface area (Å²) in [5.74, 6) is 0.174. The van der Waals surface area contributed by atoms with Crippen LogP contribution < -0.4 is 5.32 Å². The van der Waals surface area contributed by atoms with Crippen molar-refractivity contribution in [3.05, 3.63) is 35.4 Å². The summed E-state index contributed by atoms with van der Waals surface area (Å²) in [6.45, 7) is 6.91. The Morgan fingerprint density at radius 3 is 2.03 bits per heavy atom. The second-order valence-corrected chi connectivity index (χ2v) is 7.97. The maximum atomic E-state index is 12.8. The molecular formula is C22H32N4O3. The summed E-state index contributed by atoms with van der Waals surface area (Å²) in [7, 11) is 0. The fourth-order valence-corrected chi connectivity index (χ4v) is 3.89. The smallest absolute Gasteiger partial charge is 0.253 e. The number of likely N-dealkylation sites (tertiary alicyclic amines) is 1. The van der Waals surface area contributed by atoms with E-state index in [4.69, 9.17) is 0 Å². The van der Waals surface area contributed by atoms with Crippen molar-refractivity contribution in [3.8, 4) is 0 Å². The summed E-state index contributed by atoms with van der Waals surface area (Å²) in [6, 6.07) is 7.38. The van der Waals surface area contributed by atoms with Gasteiger partial charge in [-0.15, -0.1) is 0 Å². The van der Waals surface area contributed by atoms with Crippen molar-refractivity contribution >= 4 is 17.7 Å². The van der Waals surface area contributed by atoms with E-state index < -0.39 is 0 Å². The molecule has 2 aliphatic rings. The fourth-order valence-electron chi connectivity index (χ4n) is 3.89. The fraction of sp³-hybridized carbons (Fsp3) is 0.591. The van der Waals surface area contributed by atoms with Crippen LogP contribution in [0.4, 0.5) is 0 Å². The van der Waals surface area contributed by atoms with Gasteiger partial charge in [0.25, 0.3) is 5.91 Å². The number of benzene rings is 1. The molecule has 2 fully saturated rings. The quantitative estimate of drug-likeness (QED) is 0.813. The van der Waals surface area contributed by atoms with Crippen molar-refractivity contribution in [2.75, 3.05) is 45.8 Å². The molecule has 0 bridgehead atoms. The molecule has 0 unspecified atom stereocenters. The van der Waals surface area contributed by atoms with Crippen LogP contribution in [0.15, 0.2) is 24.3 Å². The molecule has 3 amide bonds. The topological polar surface area (TPSA) is 73.0 Å². The van der Waals surface area contributed by atoms with Gasteiger partial charge in [-0.1, -0.05) is 25.0 Å². The largest absolute Gasteiger partial charge is 0.352 e. The highest BCUT2D eigenvalue weighted by Gasteiger charge is 2.25. The van der Waals surface area contributed by atoms with E-state index in [1.165, 1.54) is 19.8 Å². The standard InChI is InChI=1S/C22H32N4O3/c1-18(27)23-16-19-6-8-20(9-7-19)22(29)26-14-12-24(13-15-26)17-21(28)25-10-4-2-3-5-11-25/h6-9H,2-5,10-17H2,1H3,(H,23,27). The Kier molecular flexibility index (Phi) is 7.63. The van der Waals surface area contributed by atoms with E-state index >= 15 is 0 Å². The van der Waals surface area contributed by atoms with Gasteiger partial charge in [0.2, 0.25) is 11.8 Å². The van der Waals surface area contributed by atoms with Crippen LogP contribution in [0.1, 0.15) is 48.5 Å². The number of hydrogen-bond acceptors (Lipinski definition) is 4. The second-order valence-electron chi connectivity index (χ2n) is 7.97. The lowest BCUT2D eigenvalue weighted by atomic mass is 10.1. The second kappa shape index (κ2) is 10.4. The molecule has 0 aliphatic carbocycles. The Morgan fingerprint density at radius 2 is 1.45 bits per heavy atom. The zero-order valence-electron chi connectivity index (χ0n) is 17.4. The minimum Gasteiger partial charge on any atom is -0.352 e. The van der Waals surface area contributed by atoms with Crippen LogP contribution in [-0.4, -0.2) is 78.2 Å². The molecule has 1 aromatic carbocycles. The molecule has 7 nitrogen and oxygen atoms in total. The minimum atomic E-state index is -0.0719. The molecule has 29 heavy (non-hydrogen) atoms. The van der Waals surface area contributed by atoms with Crippen LogP contribution in [-0.2, 0) is 16.1 Å². The summed E-state index contributed by atoms with van der Waals surface area (Å²) in [6.07, 6.45) is 4.66. The maximum absolute atomic E-state index is 12.8. The van der Waals surface area contributed by atoms with E-state index in [0.717, 1.165) is 44.6 Å². The molecular weight excluding hydrogens is 368 g/mol. The third-order valence-electron chi connectivity index (χ3n) is 5.72. The first-order valence-electron chi connectivity index (χ1n) is 10.7. The number of rotatable bonds is 5. The van der Waals surface area contributed by atoms with E-state index in [2.05, 4.69) is 10.2 Å². The molecule has 0 spiro atoms. The van der Waals surface area contributed by atoms with Gasteiger partial charge in [0.15, 0.2) is 0 Å². The van der Waals surface area contributed by atoms with Crippen molar-refractivity contribution in [2.45, 2.75) is 39.2 Å². The molecule has 7 heteroatoms. The Hall–Kier alpha value is -2.41. The predicted molar refractivity (Wildman–Crippen MR) is 111 cm³/mol. The summed E-state index contributed by atoms with van der Waals surface area (Å²) < 4.78 is 0. The summed E-state index contributed by atoms with van der Waals surface area (Å²) >= 11 is 0. The van der Waals surface area contributed by atoms with E-state index in [0.29, 0.717) is 31.7 Å². The highest BCUT2D eigenvalue weighted by Crippen LogP contribution is 2.13. The molecule has 2 saturated heterocycles. The van der Waals surface area contributed by atoms with Gasteiger partial charge in [0.1, 0.15) is 0 Å². The van der Waals surface area contributed by atoms with Crippen molar-refractivity contribution in [2.24, 2.45) is 0 Å². The van der Waals surface area contributed by atoms with Crippen LogP contribution in [0, 0.1) is 0 Å². The Balaban J connectivity index is 1.45. The number of nitrogens with zero attached hydrogens (tertiary/aromatic N) is 3. The summed E-state index contributed by atoms with van der Waals surface area (Å²) in [5, 5.41) is 2.75. The molecule has 1 aromatic rings. The highest BCUT2D eigenvalue weighted by molar-refractivity contribution is 5.94. The average Bonchev–Trinajstić information content (AvgIpc) is 3.02. The van der Waals surface area contributed by atoms with Crippen LogP contribution >= 0.6 is 0 Å². The SMILES string of the molecule is CC(=O)NCc1ccc(C(=O)N2CCN(CC(=O)N3CCCCCC3)CC2)cc1. The van der Waals surface area contributed by atoms with Gasteiger partial charge in [-0.05, 0) is 30.5 Å². The van der Waals surface area contributed by atoms with Crippen LogP contribution in [0.3, 0.4) is 0 Å². The number of amides is 3.